The number of ether oxygens (including phenoxy) is 1. The Bertz CT molecular complexity index is 430. The van der Waals surface area contributed by atoms with Crippen LogP contribution in [0.5, 0.6) is 5.75 Å². The topological polar surface area (TPSA) is 32.7 Å². The molecular formula is C14H19NO2. The van der Waals surface area contributed by atoms with E-state index in [1.165, 1.54) is 42.5 Å². The highest BCUT2D eigenvalue weighted by Crippen LogP contribution is 2.37. The van der Waals surface area contributed by atoms with Gasteiger partial charge < -0.3 is 14.7 Å². The molecule has 92 valence electrons. The molecule has 1 aromatic carbocycles. The lowest BCUT2D eigenvalue weighted by Gasteiger charge is -2.34. The van der Waals surface area contributed by atoms with Crippen molar-refractivity contribution in [1.82, 2.24) is 0 Å². The predicted octanol–water partition coefficient (Wildman–Crippen LogP) is 1.75. The molecule has 1 N–H and O–H groups in total. The quantitative estimate of drug-likeness (QED) is 0.802. The Hall–Kier alpha value is -1.22. The van der Waals surface area contributed by atoms with Gasteiger partial charge in [-0.15, -0.1) is 0 Å². The van der Waals surface area contributed by atoms with Crippen LogP contribution in [0.4, 0.5) is 5.69 Å². The zero-order chi connectivity index (χ0) is 11.8. The van der Waals surface area contributed by atoms with E-state index in [4.69, 9.17) is 4.74 Å². The smallest absolute Gasteiger partial charge is 0.143 e. The molecule has 0 aromatic heterocycles. The van der Waals surface area contributed by atoms with Crippen LogP contribution in [0.25, 0.3) is 0 Å². The molecule has 0 spiro atoms. The molecule has 3 heteroatoms. The lowest BCUT2D eigenvalue weighted by molar-refractivity contribution is 0.113. The van der Waals surface area contributed by atoms with Gasteiger partial charge in [-0.25, -0.2) is 0 Å². The van der Waals surface area contributed by atoms with Crippen LogP contribution in [0, 0.1) is 0 Å². The van der Waals surface area contributed by atoms with Crippen LogP contribution in [0.1, 0.15) is 24.0 Å². The zero-order valence-electron chi connectivity index (χ0n) is 10.3. The third-order valence-corrected chi connectivity index (χ3v) is 3.81. The van der Waals surface area contributed by atoms with Crippen molar-refractivity contribution < 1.29 is 9.84 Å². The Morgan fingerprint density at radius 3 is 2.71 bits per heavy atom. The Morgan fingerprint density at radius 1 is 1.29 bits per heavy atom. The molecule has 0 saturated heterocycles. The van der Waals surface area contributed by atoms with E-state index in [0.29, 0.717) is 0 Å². The van der Waals surface area contributed by atoms with E-state index in [9.17, 15) is 5.11 Å². The van der Waals surface area contributed by atoms with E-state index in [-0.39, 0.29) is 12.7 Å². The van der Waals surface area contributed by atoms with Crippen LogP contribution >= 0.6 is 0 Å². The summed E-state index contributed by atoms with van der Waals surface area (Å²) in [4.78, 5) is 2.19. The van der Waals surface area contributed by atoms with Crippen molar-refractivity contribution in [1.29, 1.82) is 0 Å². The number of hydrogen-bond donors (Lipinski definition) is 1. The third kappa shape index (κ3) is 1.89. The molecule has 1 heterocycles. The van der Waals surface area contributed by atoms with Crippen molar-refractivity contribution in [2.75, 3.05) is 25.1 Å². The van der Waals surface area contributed by atoms with Gasteiger partial charge in [0, 0.05) is 7.05 Å². The van der Waals surface area contributed by atoms with Crippen LogP contribution in [0.3, 0.4) is 0 Å². The molecule has 2 aliphatic rings. The number of nitrogens with zero attached hydrogens (tertiary/aromatic N) is 1. The molecule has 17 heavy (non-hydrogen) atoms. The standard InChI is InChI=1S/C14H19NO2/c1-15-8-12(9-16)17-14-7-11-5-3-2-4-10(11)6-13(14)15/h6-7,12,16H,2-5,8-9H2,1H3. The number of anilines is 1. The average molecular weight is 233 g/mol. The van der Waals surface area contributed by atoms with Crippen LogP contribution in [0.2, 0.25) is 0 Å². The molecule has 0 amide bonds. The number of rotatable bonds is 1. The number of aliphatic hydroxyl groups is 1. The van der Waals surface area contributed by atoms with Gasteiger partial charge in [0.25, 0.3) is 0 Å². The number of aliphatic hydroxyl groups excluding tert-OH is 1. The fraction of sp³-hybridized carbons (Fsp3) is 0.571. The zero-order valence-corrected chi connectivity index (χ0v) is 10.3. The molecule has 1 atom stereocenters. The molecule has 0 fully saturated rings. The second-order valence-electron chi connectivity index (χ2n) is 5.10. The maximum absolute atomic E-state index is 9.22. The van der Waals surface area contributed by atoms with E-state index in [2.05, 4.69) is 24.1 Å². The summed E-state index contributed by atoms with van der Waals surface area (Å²) in [6.07, 6.45) is 4.86. The highest BCUT2D eigenvalue weighted by Gasteiger charge is 2.25. The number of aryl methyl sites for hydroxylation is 2. The van der Waals surface area contributed by atoms with Gasteiger partial charge in [0.1, 0.15) is 11.9 Å². The first-order valence-electron chi connectivity index (χ1n) is 6.42. The van der Waals surface area contributed by atoms with Crippen LogP contribution in [-0.2, 0) is 12.8 Å². The summed E-state index contributed by atoms with van der Waals surface area (Å²) in [6, 6.07) is 4.46. The summed E-state index contributed by atoms with van der Waals surface area (Å²) in [5.74, 6) is 0.943. The van der Waals surface area contributed by atoms with Gasteiger partial charge in [-0.05, 0) is 48.9 Å². The second-order valence-corrected chi connectivity index (χ2v) is 5.10. The summed E-state index contributed by atoms with van der Waals surface area (Å²) >= 11 is 0. The summed E-state index contributed by atoms with van der Waals surface area (Å²) in [6.45, 7) is 0.850. The van der Waals surface area contributed by atoms with Gasteiger partial charge in [0.15, 0.2) is 0 Å². The Morgan fingerprint density at radius 2 is 2.00 bits per heavy atom. The number of likely N-dealkylation sites (N-methyl/N-ethyl adjacent to an activating group) is 1. The second kappa shape index (κ2) is 4.22. The predicted molar refractivity (Wildman–Crippen MR) is 67.9 cm³/mol. The molecule has 1 aliphatic heterocycles. The first-order valence-corrected chi connectivity index (χ1v) is 6.42. The number of fused-ring (bicyclic) bond motifs is 2. The molecule has 1 unspecified atom stereocenters. The summed E-state index contributed by atoms with van der Waals surface area (Å²) < 4.78 is 5.83. The third-order valence-electron chi connectivity index (χ3n) is 3.81. The largest absolute Gasteiger partial charge is 0.484 e. The lowest BCUT2D eigenvalue weighted by Crippen LogP contribution is -2.40. The minimum absolute atomic E-state index is 0.0842. The Labute approximate surface area is 102 Å². The van der Waals surface area contributed by atoms with E-state index in [1.807, 2.05) is 0 Å². The summed E-state index contributed by atoms with van der Waals surface area (Å²) in [5, 5.41) is 9.22. The molecule has 1 aromatic rings. The van der Waals surface area contributed by atoms with Gasteiger partial charge in [0.2, 0.25) is 0 Å². The van der Waals surface area contributed by atoms with E-state index in [1.54, 1.807) is 0 Å². The summed E-state index contributed by atoms with van der Waals surface area (Å²) in [7, 11) is 2.07. The fourth-order valence-electron chi connectivity index (χ4n) is 2.86. The average Bonchev–Trinajstić information content (AvgIpc) is 2.36. The maximum atomic E-state index is 9.22. The minimum Gasteiger partial charge on any atom is -0.484 e. The van der Waals surface area contributed by atoms with Gasteiger partial charge in [0.05, 0.1) is 18.8 Å². The summed E-state index contributed by atoms with van der Waals surface area (Å²) in [5.41, 5.74) is 4.09. The normalized spacial score (nSPS) is 22.7. The highest BCUT2D eigenvalue weighted by atomic mass is 16.5. The highest BCUT2D eigenvalue weighted by molar-refractivity contribution is 5.63. The minimum atomic E-state index is -0.0888. The fourth-order valence-corrected chi connectivity index (χ4v) is 2.86. The Kier molecular flexibility index (Phi) is 2.71. The molecule has 0 radical (unpaired) electrons. The van der Waals surface area contributed by atoms with Gasteiger partial charge in [-0.1, -0.05) is 0 Å². The monoisotopic (exact) mass is 233 g/mol. The molecule has 0 saturated carbocycles. The molecule has 1 aliphatic carbocycles. The van der Waals surface area contributed by atoms with E-state index >= 15 is 0 Å². The van der Waals surface area contributed by atoms with Crippen molar-refractivity contribution >= 4 is 5.69 Å². The van der Waals surface area contributed by atoms with Crippen LogP contribution < -0.4 is 9.64 Å². The molecular weight excluding hydrogens is 214 g/mol. The van der Waals surface area contributed by atoms with Gasteiger partial charge in [-0.3, -0.25) is 0 Å². The van der Waals surface area contributed by atoms with Crippen molar-refractivity contribution in [3.05, 3.63) is 23.3 Å². The van der Waals surface area contributed by atoms with Crippen molar-refractivity contribution in [2.24, 2.45) is 0 Å². The first-order chi connectivity index (χ1) is 8.28. The van der Waals surface area contributed by atoms with E-state index < -0.39 is 0 Å². The molecule has 3 rings (SSSR count). The van der Waals surface area contributed by atoms with Crippen LogP contribution in [-0.4, -0.2) is 31.4 Å². The number of benzene rings is 1. The van der Waals surface area contributed by atoms with Gasteiger partial charge in [-0.2, -0.15) is 0 Å². The molecule has 0 bridgehead atoms. The van der Waals surface area contributed by atoms with E-state index in [0.717, 1.165) is 12.3 Å². The van der Waals surface area contributed by atoms with Gasteiger partial charge >= 0.3 is 0 Å². The van der Waals surface area contributed by atoms with Crippen molar-refractivity contribution in [2.45, 2.75) is 31.8 Å². The van der Waals surface area contributed by atoms with Crippen molar-refractivity contribution in [3.8, 4) is 5.75 Å². The molecule has 3 nitrogen and oxygen atoms in total. The Balaban J connectivity index is 2.00. The maximum Gasteiger partial charge on any atom is 0.143 e. The van der Waals surface area contributed by atoms with Crippen LogP contribution in [0.15, 0.2) is 12.1 Å². The first kappa shape index (κ1) is 10.9. The van der Waals surface area contributed by atoms with Crippen molar-refractivity contribution in [3.63, 3.8) is 0 Å². The number of hydrogen-bond acceptors (Lipinski definition) is 3. The SMILES string of the molecule is CN1CC(CO)Oc2cc3c(cc21)CCCC3. The lowest BCUT2D eigenvalue weighted by atomic mass is 9.90.